The molecule has 0 spiro atoms. The van der Waals surface area contributed by atoms with Crippen molar-refractivity contribution in [3.63, 3.8) is 0 Å². The van der Waals surface area contributed by atoms with Crippen molar-refractivity contribution in [3.05, 3.63) is 108 Å². The van der Waals surface area contributed by atoms with Crippen LogP contribution < -0.4 is 10.4 Å². The van der Waals surface area contributed by atoms with E-state index in [1.54, 1.807) is 6.08 Å². The van der Waals surface area contributed by atoms with Crippen molar-refractivity contribution in [2.45, 2.75) is 115 Å². The molecule has 3 aromatic carbocycles. The summed E-state index contributed by atoms with van der Waals surface area (Å²) in [6, 6.07) is 32.3. The minimum atomic E-state index is -2.63. The van der Waals surface area contributed by atoms with Gasteiger partial charge < -0.3 is 13.9 Å². The predicted molar refractivity (Wildman–Crippen MR) is 194 cm³/mol. The lowest BCUT2D eigenvalue weighted by molar-refractivity contribution is -0.149. The van der Waals surface area contributed by atoms with Gasteiger partial charge in [-0.25, -0.2) is 4.79 Å². The third-order valence-electron chi connectivity index (χ3n) is 11.6. The van der Waals surface area contributed by atoms with Gasteiger partial charge in [0.15, 0.2) is 0 Å². The number of esters is 1. The molecule has 0 unspecified atom stereocenters. The molecule has 3 aliphatic rings. The quantitative estimate of drug-likeness (QED) is 0.132. The van der Waals surface area contributed by atoms with Crippen LogP contribution in [0.25, 0.3) is 0 Å². The topological polar surface area (TPSA) is 44.8 Å². The summed E-state index contributed by atoms with van der Waals surface area (Å²) in [6.45, 7) is 14.4. The zero-order valence-corrected chi connectivity index (χ0v) is 30.3. The molecule has 4 nitrogen and oxygen atoms in total. The number of hydrogen-bond acceptors (Lipinski definition) is 4. The maximum absolute atomic E-state index is 13.4. The molecule has 250 valence electrons. The van der Waals surface area contributed by atoms with E-state index in [0.717, 1.165) is 44.1 Å². The van der Waals surface area contributed by atoms with Gasteiger partial charge in [-0.05, 0) is 77.8 Å². The van der Waals surface area contributed by atoms with Gasteiger partial charge in [0.2, 0.25) is 0 Å². The van der Waals surface area contributed by atoms with Gasteiger partial charge in [0.1, 0.15) is 6.10 Å². The summed E-state index contributed by atoms with van der Waals surface area (Å²) in [7, 11) is -2.63. The van der Waals surface area contributed by atoms with Gasteiger partial charge in [-0.3, -0.25) is 0 Å². The first-order valence-electron chi connectivity index (χ1n) is 17.8. The summed E-state index contributed by atoms with van der Waals surface area (Å²) in [4.78, 5) is 13.4. The number of benzene rings is 3. The van der Waals surface area contributed by atoms with Crippen molar-refractivity contribution in [1.82, 2.24) is 0 Å². The van der Waals surface area contributed by atoms with Crippen LogP contribution in [0, 0.1) is 11.8 Å². The van der Waals surface area contributed by atoms with Gasteiger partial charge in [0.05, 0.1) is 18.3 Å². The number of fused-ring (bicyclic) bond motifs is 1. The molecule has 0 amide bonds. The lowest BCUT2D eigenvalue weighted by Gasteiger charge is -2.43. The Balaban J connectivity index is 1.12. The first-order valence-corrected chi connectivity index (χ1v) is 19.7. The maximum atomic E-state index is 13.4. The largest absolute Gasteiger partial charge is 0.459 e. The molecule has 6 rings (SSSR count). The highest BCUT2D eigenvalue weighted by molar-refractivity contribution is 6.99. The normalized spacial score (nSPS) is 27.5. The summed E-state index contributed by atoms with van der Waals surface area (Å²) in [5, 5.41) is 2.51. The highest BCUT2D eigenvalue weighted by atomic mass is 28.4. The molecular formula is C42H54O4Si. The van der Waals surface area contributed by atoms with Crippen LogP contribution in [0.3, 0.4) is 0 Å². The summed E-state index contributed by atoms with van der Waals surface area (Å²) in [6.07, 6.45) is 8.68. The molecule has 3 fully saturated rings. The van der Waals surface area contributed by atoms with E-state index in [-0.39, 0.29) is 34.2 Å². The van der Waals surface area contributed by atoms with Crippen LogP contribution in [-0.4, -0.2) is 38.7 Å². The summed E-state index contributed by atoms with van der Waals surface area (Å²) >= 11 is 0. The van der Waals surface area contributed by atoms with Crippen molar-refractivity contribution in [2.75, 3.05) is 6.61 Å². The molecule has 5 atom stereocenters. The summed E-state index contributed by atoms with van der Waals surface area (Å²) < 4.78 is 20.3. The number of carbonyl (C=O) groups excluding carboxylic acids is 1. The van der Waals surface area contributed by atoms with Crippen LogP contribution in [0.15, 0.2) is 103 Å². The third-order valence-corrected chi connectivity index (χ3v) is 16.6. The molecule has 2 saturated carbocycles. The highest BCUT2D eigenvalue weighted by Crippen LogP contribution is 2.50. The van der Waals surface area contributed by atoms with E-state index in [1.807, 2.05) is 0 Å². The summed E-state index contributed by atoms with van der Waals surface area (Å²) in [5.74, 6) is 0.491. The predicted octanol–water partition coefficient (Wildman–Crippen LogP) is 8.53. The first kappa shape index (κ1) is 33.9. The average molecular weight is 651 g/mol. The molecule has 2 aliphatic carbocycles. The Morgan fingerprint density at radius 3 is 2.02 bits per heavy atom. The van der Waals surface area contributed by atoms with Crippen LogP contribution in [0.2, 0.25) is 5.04 Å². The minimum Gasteiger partial charge on any atom is -0.459 e. The van der Waals surface area contributed by atoms with E-state index in [2.05, 4.69) is 133 Å². The molecule has 0 aromatic heterocycles. The molecule has 3 aromatic rings. The lowest BCUT2D eigenvalue weighted by atomic mass is 9.66. The van der Waals surface area contributed by atoms with E-state index >= 15 is 0 Å². The Morgan fingerprint density at radius 2 is 1.45 bits per heavy atom. The second kappa shape index (κ2) is 13.5. The van der Waals surface area contributed by atoms with Gasteiger partial charge in [-0.2, -0.15) is 0 Å². The Labute approximate surface area is 284 Å². The van der Waals surface area contributed by atoms with Crippen molar-refractivity contribution in [1.29, 1.82) is 0 Å². The van der Waals surface area contributed by atoms with Crippen LogP contribution in [0.4, 0.5) is 0 Å². The van der Waals surface area contributed by atoms with Crippen molar-refractivity contribution in [2.24, 2.45) is 11.8 Å². The third kappa shape index (κ3) is 6.82. The average Bonchev–Trinajstić information content (AvgIpc) is 3.52. The van der Waals surface area contributed by atoms with E-state index < -0.39 is 8.32 Å². The van der Waals surface area contributed by atoms with E-state index in [9.17, 15) is 4.79 Å². The number of rotatable bonds is 9. The number of ether oxygens (including phenoxy) is 2. The monoisotopic (exact) mass is 650 g/mol. The molecule has 1 aliphatic heterocycles. The standard InChI is InChI=1S/C42H54O4Si/c1-40(2,3)47(35-20-12-8-13-21-35,36-22-14-9-15-23-36)44-30-34-28-33-26-31(29-42(33,6)46-34)27-39(43)45-38-25-17-16-24-37(38)41(4,5)32-18-10-7-11-19-32/h7-15,18-23,27,33-34,37-38H,16-17,24-26,28-30H2,1-6H3/b31-27+/t33-,34-,37-,38-,42-/m0/s1. The molecule has 0 bridgehead atoms. The van der Waals surface area contributed by atoms with Crippen molar-refractivity contribution < 1.29 is 18.7 Å². The number of carbonyl (C=O) groups is 1. The summed E-state index contributed by atoms with van der Waals surface area (Å²) in [5.41, 5.74) is 2.13. The smallest absolute Gasteiger partial charge is 0.330 e. The Bertz CT molecular complexity index is 1490. The van der Waals surface area contributed by atoms with Gasteiger partial charge in [-0.15, -0.1) is 0 Å². The molecule has 47 heavy (non-hydrogen) atoms. The SMILES string of the molecule is CC(C)(c1ccccc1)[C@H]1CCCC[C@@H]1OC(=O)/C=C1\C[C@H]2C[C@@H](CO[Si](c3ccccc3)(c3ccccc3)C(C)(C)C)O[C@@]2(C)C1. The molecule has 5 heteroatoms. The van der Waals surface area contributed by atoms with Gasteiger partial charge in [0, 0.05) is 12.0 Å². The Morgan fingerprint density at radius 1 is 0.872 bits per heavy atom. The highest BCUT2D eigenvalue weighted by Gasteiger charge is 2.53. The van der Waals surface area contributed by atoms with Crippen LogP contribution in [0.5, 0.6) is 0 Å². The molecule has 1 heterocycles. The van der Waals surface area contributed by atoms with Gasteiger partial charge in [-0.1, -0.05) is 138 Å². The maximum Gasteiger partial charge on any atom is 0.330 e. The zero-order valence-electron chi connectivity index (χ0n) is 29.3. The first-order chi connectivity index (χ1) is 22.4. The van der Waals surface area contributed by atoms with Gasteiger partial charge in [0.25, 0.3) is 8.32 Å². The van der Waals surface area contributed by atoms with Crippen LogP contribution in [0.1, 0.15) is 92.1 Å². The Hall–Kier alpha value is -2.99. The second-order valence-electron chi connectivity index (χ2n) is 16.1. The van der Waals surface area contributed by atoms with Crippen molar-refractivity contribution in [3.8, 4) is 0 Å². The fraction of sp³-hybridized carbons (Fsp3) is 0.500. The molecule has 1 saturated heterocycles. The minimum absolute atomic E-state index is 0.0309. The lowest BCUT2D eigenvalue weighted by Crippen LogP contribution is -2.67. The van der Waals surface area contributed by atoms with E-state index in [1.165, 1.54) is 22.4 Å². The van der Waals surface area contributed by atoms with Crippen LogP contribution in [-0.2, 0) is 24.1 Å². The fourth-order valence-corrected chi connectivity index (χ4v) is 13.7. The van der Waals surface area contributed by atoms with Gasteiger partial charge >= 0.3 is 5.97 Å². The van der Waals surface area contributed by atoms with Crippen molar-refractivity contribution >= 4 is 24.7 Å². The Kier molecular flexibility index (Phi) is 9.73. The fourth-order valence-electron chi connectivity index (χ4n) is 9.10. The molecule has 0 radical (unpaired) electrons. The van der Waals surface area contributed by atoms with E-state index in [0.29, 0.717) is 18.4 Å². The number of hydrogen-bond donors (Lipinski definition) is 0. The molecular weight excluding hydrogens is 597 g/mol. The van der Waals surface area contributed by atoms with E-state index in [4.69, 9.17) is 13.9 Å². The molecule has 0 N–H and O–H groups in total. The van der Waals surface area contributed by atoms with Crippen LogP contribution >= 0.6 is 0 Å². The zero-order chi connectivity index (χ0) is 33.3. The second-order valence-corrected chi connectivity index (χ2v) is 20.4.